The Labute approximate surface area is 299 Å². The third kappa shape index (κ3) is 7.18. The maximum Gasteiger partial charge on any atom is 0.197 e. The first-order valence-corrected chi connectivity index (χ1v) is 16.8. The van der Waals surface area contributed by atoms with Gasteiger partial charge in [-0.05, 0) is 38.1 Å². The zero-order valence-corrected chi connectivity index (χ0v) is 29.1. The number of benzene rings is 2. The molecule has 2 aliphatic heterocycles. The van der Waals surface area contributed by atoms with Gasteiger partial charge in [-0.2, -0.15) is 0 Å². The Balaban J connectivity index is 0.000000162. The predicted octanol–water partition coefficient (Wildman–Crippen LogP) is 6.41. The van der Waals surface area contributed by atoms with Crippen LogP contribution in [-0.4, -0.2) is 67.2 Å². The molecule has 0 saturated heterocycles. The van der Waals surface area contributed by atoms with Gasteiger partial charge >= 0.3 is 0 Å². The van der Waals surface area contributed by atoms with E-state index in [0.29, 0.717) is 34.8 Å². The molecule has 0 fully saturated rings. The Morgan fingerprint density at radius 3 is 1.35 bits per heavy atom. The average molecular weight is 703 g/mol. The van der Waals surface area contributed by atoms with Gasteiger partial charge in [0.2, 0.25) is 0 Å². The summed E-state index contributed by atoms with van der Waals surface area (Å²) in [6, 6.07) is 13.1. The van der Waals surface area contributed by atoms with E-state index < -0.39 is 0 Å². The van der Waals surface area contributed by atoms with Crippen LogP contribution in [-0.2, 0) is 12.8 Å². The zero-order valence-electron chi connectivity index (χ0n) is 29.1. The first-order valence-electron chi connectivity index (χ1n) is 16.8. The van der Waals surface area contributed by atoms with Crippen LogP contribution >= 0.6 is 0 Å². The fourth-order valence-corrected chi connectivity index (χ4v) is 6.54. The van der Waals surface area contributed by atoms with Crippen LogP contribution in [0.4, 0.5) is 20.2 Å². The molecule has 12 nitrogen and oxygen atoms in total. The summed E-state index contributed by atoms with van der Waals surface area (Å²) in [5.41, 5.74) is 5.59. The number of hydrogen-bond acceptors (Lipinski definition) is 12. The van der Waals surface area contributed by atoms with Crippen molar-refractivity contribution in [2.45, 2.75) is 38.8 Å². The van der Waals surface area contributed by atoms with Crippen LogP contribution in [0.2, 0.25) is 0 Å². The summed E-state index contributed by atoms with van der Waals surface area (Å²) >= 11 is 0. The second-order valence-corrected chi connectivity index (χ2v) is 12.3. The Morgan fingerprint density at radius 2 is 0.962 bits per heavy atom. The molecule has 0 aliphatic carbocycles. The highest BCUT2D eigenvalue weighted by molar-refractivity contribution is 5.57. The van der Waals surface area contributed by atoms with Crippen LogP contribution in [0.1, 0.15) is 48.4 Å². The highest BCUT2D eigenvalue weighted by Crippen LogP contribution is 2.36. The average Bonchev–Trinajstić information content (AvgIpc) is 3.18. The van der Waals surface area contributed by atoms with Crippen LogP contribution in [0.3, 0.4) is 0 Å². The minimum Gasteiger partial charge on any atom is -0.497 e. The molecule has 0 spiro atoms. The van der Waals surface area contributed by atoms with Crippen molar-refractivity contribution in [3.05, 3.63) is 120 Å². The summed E-state index contributed by atoms with van der Waals surface area (Å²) in [7, 11) is 3.07. The molecule has 264 valence electrons. The van der Waals surface area contributed by atoms with Gasteiger partial charge in [0.05, 0.1) is 37.7 Å². The van der Waals surface area contributed by atoms with Crippen molar-refractivity contribution < 1.29 is 18.3 Å². The fraction of sp³-hybridized carbons (Fsp3) is 0.263. The lowest BCUT2D eigenvalue weighted by Crippen LogP contribution is -2.34. The Morgan fingerprint density at radius 1 is 0.558 bits per heavy atom. The number of rotatable bonds is 6. The second kappa shape index (κ2) is 15.0. The number of ether oxygens (including phenoxy) is 2. The minimum atomic E-state index is -0.315. The smallest absolute Gasteiger partial charge is 0.197 e. The van der Waals surface area contributed by atoms with Crippen molar-refractivity contribution in [1.82, 2.24) is 39.9 Å². The van der Waals surface area contributed by atoms with Crippen LogP contribution in [0.15, 0.2) is 85.7 Å². The molecule has 14 heteroatoms. The fourth-order valence-electron chi connectivity index (χ4n) is 6.54. The Hall–Kier alpha value is -6.18. The van der Waals surface area contributed by atoms with Crippen LogP contribution in [0, 0.1) is 11.6 Å². The van der Waals surface area contributed by atoms with Crippen LogP contribution in [0.25, 0.3) is 23.3 Å². The van der Waals surface area contributed by atoms with E-state index in [9.17, 15) is 8.78 Å². The molecule has 6 heterocycles. The Bertz CT molecular complexity index is 2020. The van der Waals surface area contributed by atoms with E-state index in [1.165, 1.54) is 38.5 Å². The normalized spacial score (nSPS) is 16.3. The first kappa shape index (κ1) is 34.3. The molecular weight excluding hydrogens is 666 g/mol. The standard InChI is InChI=1S/2C19H18FN5O/c2*1-12-16-11-23-19(18-21-5-3-6-22-18)24-17(16)4-7-25(12)14-8-13(20)9-15(10-14)26-2/h2*3,5-6,8-12H,4,7H2,1-2H3/t2*12-/m10/s1. The molecular formula is C38H36F2N10O2. The van der Waals surface area contributed by atoms with Gasteiger partial charge in [0, 0.05) is 110 Å². The van der Waals surface area contributed by atoms with Crippen molar-refractivity contribution in [3.63, 3.8) is 0 Å². The number of nitrogens with zero attached hydrogens (tertiary/aromatic N) is 10. The van der Waals surface area contributed by atoms with E-state index in [1.807, 2.05) is 24.5 Å². The van der Waals surface area contributed by atoms with Crippen molar-refractivity contribution in [1.29, 1.82) is 0 Å². The van der Waals surface area contributed by atoms with E-state index >= 15 is 0 Å². The molecule has 0 bridgehead atoms. The van der Waals surface area contributed by atoms with E-state index in [0.717, 1.165) is 59.8 Å². The number of methoxy groups -OCH3 is 2. The van der Waals surface area contributed by atoms with Crippen molar-refractivity contribution in [2.75, 3.05) is 37.1 Å². The molecule has 2 aromatic carbocycles. The molecule has 0 N–H and O–H groups in total. The summed E-state index contributed by atoms with van der Waals surface area (Å²) in [5, 5.41) is 0. The van der Waals surface area contributed by atoms with E-state index in [1.54, 1.807) is 36.9 Å². The van der Waals surface area contributed by atoms with Gasteiger partial charge in [0.1, 0.15) is 23.1 Å². The molecule has 0 unspecified atom stereocenters. The lowest BCUT2D eigenvalue weighted by atomic mass is 9.98. The molecule has 0 amide bonds. The highest BCUT2D eigenvalue weighted by Gasteiger charge is 2.28. The van der Waals surface area contributed by atoms with E-state index in [2.05, 4.69) is 63.5 Å². The van der Waals surface area contributed by atoms with Gasteiger partial charge < -0.3 is 19.3 Å². The number of fused-ring (bicyclic) bond motifs is 2. The number of aromatic nitrogens is 8. The molecule has 2 aliphatic rings. The number of anilines is 2. The molecule has 0 radical (unpaired) electrons. The van der Waals surface area contributed by atoms with Gasteiger partial charge in [0.15, 0.2) is 23.3 Å². The predicted molar refractivity (Wildman–Crippen MR) is 191 cm³/mol. The molecule has 0 saturated carbocycles. The third-order valence-corrected chi connectivity index (χ3v) is 9.19. The molecule has 52 heavy (non-hydrogen) atoms. The maximum atomic E-state index is 13.9. The summed E-state index contributed by atoms with van der Waals surface area (Å²) in [4.78, 5) is 39.3. The number of hydrogen-bond donors (Lipinski definition) is 0. The maximum absolute atomic E-state index is 13.9. The zero-order chi connectivity index (χ0) is 36.2. The molecule has 8 rings (SSSR count). The highest BCUT2D eigenvalue weighted by atomic mass is 19.1. The van der Waals surface area contributed by atoms with Crippen molar-refractivity contribution in [3.8, 4) is 34.8 Å². The van der Waals surface area contributed by atoms with E-state index in [4.69, 9.17) is 9.47 Å². The van der Waals surface area contributed by atoms with Gasteiger partial charge in [-0.3, -0.25) is 0 Å². The lowest BCUT2D eigenvalue weighted by Gasteiger charge is -2.36. The van der Waals surface area contributed by atoms with E-state index in [-0.39, 0.29) is 23.7 Å². The van der Waals surface area contributed by atoms with Gasteiger partial charge in [-0.25, -0.2) is 48.7 Å². The summed E-state index contributed by atoms with van der Waals surface area (Å²) in [5.74, 6) is 2.46. The number of halogens is 2. The first-order chi connectivity index (χ1) is 25.3. The lowest BCUT2D eigenvalue weighted by molar-refractivity contribution is 0.411. The largest absolute Gasteiger partial charge is 0.497 e. The SMILES string of the molecule is COc1cc(F)cc(N2CCc3nc(-c4ncccn4)ncc3[C@@H]2C)c1.COc1cc(F)cc(N2CCc3nc(-c4ncccn4)ncc3[C@H]2C)c1. The third-order valence-electron chi connectivity index (χ3n) is 9.19. The van der Waals surface area contributed by atoms with Gasteiger partial charge in [-0.15, -0.1) is 0 Å². The van der Waals surface area contributed by atoms with Gasteiger partial charge in [0.25, 0.3) is 0 Å². The molecule has 2 atom stereocenters. The minimum absolute atomic E-state index is 0.0241. The second-order valence-electron chi connectivity index (χ2n) is 12.3. The van der Waals surface area contributed by atoms with Crippen molar-refractivity contribution in [2.24, 2.45) is 0 Å². The summed E-state index contributed by atoms with van der Waals surface area (Å²) in [6.45, 7) is 5.59. The van der Waals surface area contributed by atoms with Crippen LogP contribution in [0.5, 0.6) is 11.5 Å². The summed E-state index contributed by atoms with van der Waals surface area (Å²) in [6.07, 6.45) is 11.8. The molecule has 4 aromatic heterocycles. The molecule has 6 aromatic rings. The van der Waals surface area contributed by atoms with Crippen molar-refractivity contribution >= 4 is 11.4 Å². The Kier molecular flexibility index (Phi) is 9.87. The summed E-state index contributed by atoms with van der Waals surface area (Å²) < 4.78 is 38.2. The quantitative estimate of drug-likeness (QED) is 0.190. The van der Waals surface area contributed by atoms with Crippen LogP contribution < -0.4 is 19.3 Å². The monoisotopic (exact) mass is 702 g/mol. The topological polar surface area (TPSA) is 128 Å². The van der Waals surface area contributed by atoms with Gasteiger partial charge in [-0.1, -0.05) is 0 Å².